The number of benzene rings is 1. The van der Waals surface area contributed by atoms with E-state index in [1.165, 1.54) is 6.07 Å². The zero-order valence-corrected chi connectivity index (χ0v) is 14.8. The summed E-state index contributed by atoms with van der Waals surface area (Å²) in [6.45, 7) is 6.51. The van der Waals surface area contributed by atoms with Crippen molar-refractivity contribution < 1.29 is 13.9 Å². The Hall–Kier alpha value is -2.50. The molecule has 25 heavy (non-hydrogen) atoms. The average Bonchev–Trinajstić information content (AvgIpc) is 2.56. The van der Waals surface area contributed by atoms with E-state index in [2.05, 4.69) is 9.97 Å². The van der Waals surface area contributed by atoms with Crippen molar-refractivity contribution in [3.05, 3.63) is 52.7 Å². The molecule has 0 saturated carbocycles. The number of nitrogens with zero attached hydrogens (tertiary/aromatic N) is 3. The second-order valence-corrected chi connectivity index (χ2v) is 6.49. The SMILES string of the molecule is Cc1cc(OC2CCCN(C(=O)c3ccc(C)c(F)c3)C2)nc(C)n1. The molecular weight excluding hydrogens is 321 g/mol. The van der Waals surface area contributed by atoms with Crippen molar-refractivity contribution in [1.29, 1.82) is 0 Å². The van der Waals surface area contributed by atoms with Crippen LogP contribution in [0.4, 0.5) is 4.39 Å². The van der Waals surface area contributed by atoms with Crippen LogP contribution in [0.15, 0.2) is 24.3 Å². The fraction of sp³-hybridized carbons (Fsp3) is 0.421. The van der Waals surface area contributed by atoms with Gasteiger partial charge in [0.05, 0.1) is 6.54 Å². The van der Waals surface area contributed by atoms with Gasteiger partial charge >= 0.3 is 0 Å². The molecule has 5 nitrogen and oxygen atoms in total. The molecule has 1 amide bonds. The molecule has 132 valence electrons. The van der Waals surface area contributed by atoms with Gasteiger partial charge in [0, 0.05) is 23.9 Å². The van der Waals surface area contributed by atoms with Gasteiger partial charge in [0.2, 0.25) is 5.88 Å². The van der Waals surface area contributed by atoms with E-state index >= 15 is 0 Å². The average molecular weight is 343 g/mol. The summed E-state index contributed by atoms with van der Waals surface area (Å²) in [7, 11) is 0. The summed E-state index contributed by atoms with van der Waals surface area (Å²) in [5, 5.41) is 0. The van der Waals surface area contributed by atoms with E-state index in [9.17, 15) is 9.18 Å². The summed E-state index contributed by atoms with van der Waals surface area (Å²) in [5.41, 5.74) is 1.75. The summed E-state index contributed by atoms with van der Waals surface area (Å²) in [5.74, 6) is 0.671. The first-order valence-corrected chi connectivity index (χ1v) is 8.47. The highest BCUT2D eigenvalue weighted by Gasteiger charge is 2.26. The lowest BCUT2D eigenvalue weighted by Crippen LogP contribution is -2.44. The van der Waals surface area contributed by atoms with Crippen LogP contribution in [0.2, 0.25) is 0 Å². The number of hydrogen-bond donors (Lipinski definition) is 0. The molecule has 0 radical (unpaired) electrons. The molecule has 1 aromatic carbocycles. The lowest BCUT2D eigenvalue weighted by Gasteiger charge is -2.32. The number of amides is 1. The maximum atomic E-state index is 13.7. The number of halogens is 1. The summed E-state index contributed by atoms with van der Waals surface area (Å²) in [6, 6.07) is 6.40. The van der Waals surface area contributed by atoms with E-state index in [0.29, 0.717) is 35.9 Å². The monoisotopic (exact) mass is 343 g/mol. The summed E-state index contributed by atoms with van der Waals surface area (Å²) >= 11 is 0. The second kappa shape index (κ2) is 7.17. The number of carbonyl (C=O) groups is 1. The van der Waals surface area contributed by atoms with Gasteiger partial charge in [-0.25, -0.2) is 9.37 Å². The van der Waals surface area contributed by atoms with Crippen molar-refractivity contribution in [1.82, 2.24) is 14.9 Å². The fourth-order valence-corrected chi connectivity index (χ4v) is 3.04. The number of aromatic nitrogens is 2. The third-order valence-electron chi connectivity index (χ3n) is 4.31. The van der Waals surface area contributed by atoms with Gasteiger partial charge in [0.25, 0.3) is 5.91 Å². The highest BCUT2D eigenvalue weighted by Crippen LogP contribution is 2.20. The van der Waals surface area contributed by atoms with E-state index in [-0.39, 0.29) is 17.8 Å². The molecule has 0 spiro atoms. The van der Waals surface area contributed by atoms with Gasteiger partial charge in [-0.1, -0.05) is 6.07 Å². The molecule has 6 heteroatoms. The molecule has 1 aliphatic heterocycles. The Bertz CT molecular complexity index is 774. The van der Waals surface area contributed by atoms with E-state index < -0.39 is 0 Å². The molecule has 2 heterocycles. The molecule has 0 N–H and O–H groups in total. The Labute approximate surface area is 146 Å². The fourth-order valence-electron chi connectivity index (χ4n) is 3.04. The smallest absolute Gasteiger partial charge is 0.254 e. The van der Waals surface area contributed by atoms with Crippen molar-refractivity contribution >= 4 is 5.91 Å². The number of likely N-dealkylation sites (tertiary alicyclic amines) is 1. The maximum absolute atomic E-state index is 13.7. The number of carbonyl (C=O) groups excluding carboxylic acids is 1. The van der Waals surface area contributed by atoms with Gasteiger partial charge in [0.15, 0.2) is 0 Å². The minimum Gasteiger partial charge on any atom is -0.472 e. The van der Waals surface area contributed by atoms with Gasteiger partial charge < -0.3 is 9.64 Å². The zero-order valence-electron chi connectivity index (χ0n) is 14.8. The van der Waals surface area contributed by atoms with Crippen LogP contribution in [0.1, 0.15) is 40.3 Å². The molecule has 1 aromatic heterocycles. The number of rotatable bonds is 3. The Morgan fingerprint density at radius 1 is 1.24 bits per heavy atom. The van der Waals surface area contributed by atoms with Crippen molar-refractivity contribution in [2.45, 2.75) is 39.7 Å². The van der Waals surface area contributed by atoms with Crippen LogP contribution in [0.5, 0.6) is 5.88 Å². The normalized spacial score (nSPS) is 17.4. The number of ether oxygens (including phenoxy) is 1. The van der Waals surface area contributed by atoms with Crippen LogP contribution in [0.25, 0.3) is 0 Å². The first kappa shape index (κ1) is 17.3. The van der Waals surface area contributed by atoms with E-state index in [1.54, 1.807) is 30.0 Å². The largest absolute Gasteiger partial charge is 0.472 e. The Morgan fingerprint density at radius 2 is 2.04 bits per heavy atom. The molecule has 1 aliphatic rings. The van der Waals surface area contributed by atoms with Gasteiger partial charge in [-0.2, -0.15) is 4.98 Å². The van der Waals surface area contributed by atoms with Gasteiger partial charge in [-0.15, -0.1) is 0 Å². The zero-order chi connectivity index (χ0) is 18.0. The van der Waals surface area contributed by atoms with Crippen LogP contribution in [0.3, 0.4) is 0 Å². The molecule has 1 atom stereocenters. The number of aryl methyl sites for hydroxylation is 3. The highest BCUT2D eigenvalue weighted by atomic mass is 19.1. The van der Waals surface area contributed by atoms with Gasteiger partial charge in [0.1, 0.15) is 17.7 Å². The lowest BCUT2D eigenvalue weighted by atomic mass is 10.1. The molecule has 1 unspecified atom stereocenters. The van der Waals surface area contributed by atoms with Gasteiger partial charge in [-0.05, 0) is 51.3 Å². The quantitative estimate of drug-likeness (QED) is 0.859. The standard InChI is InChI=1S/C19H22FN3O2/c1-12-6-7-15(10-17(12)20)19(24)23-8-4-5-16(11-23)25-18-9-13(2)21-14(3)22-18/h6-7,9-10,16H,4-5,8,11H2,1-3H3. The summed E-state index contributed by atoms with van der Waals surface area (Å²) in [6.07, 6.45) is 1.57. The Kier molecular flexibility index (Phi) is 4.97. The van der Waals surface area contributed by atoms with Gasteiger partial charge in [-0.3, -0.25) is 4.79 Å². The summed E-state index contributed by atoms with van der Waals surface area (Å²) in [4.78, 5) is 22.9. The topological polar surface area (TPSA) is 55.3 Å². The van der Waals surface area contributed by atoms with Crippen LogP contribution >= 0.6 is 0 Å². The molecule has 1 saturated heterocycles. The maximum Gasteiger partial charge on any atom is 0.254 e. The van der Waals surface area contributed by atoms with E-state index in [1.807, 2.05) is 13.8 Å². The first-order valence-electron chi connectivity index (χ1n) is 8.47. The number of piperidine rings is 1. The van der Waals surface area contributed by atoms with Crippen LogP contribution < -0.4 is 4.74 Å². The van der Waals surface area contributed by atoms with Crippen LogP contribution in [-0.4, -0.2) is 40.0 Å². The van der Waals surface area contributed by atoms with Crippen molar-refractivity contribution in [2.24, 2.45) is 0 Å². The minimum absolute atomic E-state index is 0.123. The van der Waals surface area contributed by atoms with Crippen molar-refractivity contribution in [2.75, 3.05) is 13.1 Å². The van der Waals surface area contributed by atoms with Crippen molar-refractivity contribution in [3.63, 3.8) is 0 Å². The molecule has 0 aliphatic carbocycles. The minimum atomic E-state index is -0.359. The third-order valence-corrected chi connectivity index (χ3v) is 4.31. The van der Waals surface area contributed by atoms with E-state index in [0.717, 1.165) is 18.5 Å². The summed E-state index contributed by atoms with van der Waals surface area (Å²) < 4.78 is 19.7. The molecule has 2 aromatic rings. The Balaban J connectivity index is 1.69. The highest BCUT2D eigenvalue weighted by molar-refractivity contribution is 5.94. The predicted molar refractivity (Wildman–Crippen MR) is 92.2 cm³/mol. The Morgan fingerprint density at radius 3 is 2.76 bits per heavy atom. The van der Waals surface area contributed by atoms with E-state index in [4.69, 9.17) is 4.74 Å². The molecular formula is C19H22FN3O2. The van der Waals surface area contributed by atoms with Crippen LogP contribution in [0, 0.1) is 26.6 Å². The second-order valence-electron chi connectivity index (χ2n) is 6.49. The van der Waals surface area contributed by atoms with Crippen molar-refractivity contribution in [3.8, 4) is 5.88 Å². The molecule has 0 bridgehead atoms. The predicted octanol–water partition coefficient (Wildman–Crippen LogP) is 3.22. The molecule has 1 fully saturated rings. The first-order chi connectivity index (χ1) is 11.9. The number of hydrogen-bond acceptors (Lipinski definition) is 4. The van der Waals surface area contributed by atoms with Crippen LogP contribution in [-0.2, 0) is 0 Å². The molecule has 3 rings (SSSR count). The third kappa shape index (κ3) is 4.13. The lowest BCUT2D eigenvalue weighted by molar-refractivity contribution is 0.0526.